The van der Waals surface area contributed by atoms with E-state index in [1.807, 2.05) is 0 Å². The molecular formula is C23H37N3OSi. The van der Waals surface area contributed by atoms with Crippen molar-refractivity contribution >= 4 is 14.0 Å². The van der Waals surface area contributed by atoms with Gasteiger partial charge in [0.1, 0.15) is 6.07 Å². The van der Waals surface area contributed by atoms with Crippen molar-refractivity contribution in [2.24, 2.45) is 11.8 Å². The van der Waals surface area contributed by atoms with Gasteiger partial charge in [0.25, 0.3) is 0 Å². The molecule has 3 rings (SSSR count). The van der Waals surface area contributed by atoms with Crippen molar-refractivity contribution < 1.29 is 4.43 Å². The van der Waals surface area contributed by atoms with Gasteiger partial charge in [0.15, 0.2) is 8.32 Å². The van der Waals surface area contributed by atoms with Gasteiger partial charge in [0, 0.05) is 25.0 Å². The molecule has 0 N–H and O–H groups in total. The van der Waals surface area contributed by atoms with Crippen molar-refractivity contribution in [1.29, 1.82) is 5.26 Å². The lowest BCUT2D eigenvalue weighted by Crippen LogP contribution is -2.54. The summed E-state index contributed by atoms with van der Waals surface area (Å²) >= 11 is 0. The summed E-state index contributed by atoms with van der Waals surface area (Å²) in [6, 6.07) is 2.41. The van der Waals surface area contributed by atoms with Crippen LogP contribution < -0.4 is 4.90 Å². The van der Waals surface area contributed by atoms with E-state index in [2.05, 4.69) is 70.6 Å². The van der Waals surface area contributed by atoms with Gasteiger partial charge in [0.05, 0.1) is 17.4 Å². The first-order valence-electron chi connectivity index (χ1n) is 10.8. The van der Waals surface area contributed by atoms with Gasteiger partial charge in [-0.15, -0.1) is 0 Å². The second kappa shape index (κ2) is 7.46. The topological polar surface area (TPSA) is 49.2 Å². The largest absolute Gasteiger partial charge is 0.413 e. The van der Waals surface area contributed by atoms with E-state index in [1.165, 1.54) is 11.3 Å². The fraction of sp³-hybridized carbons (Fsp3) is 0.739. The number of piperidine rings is 1. The second-order valence-electron chi connectivity index (χ2n) is 10.6. The smallest absolute Gasteiger partial charge is 0.192 e. The molecule has 154 valence electrons. The summed E-state index contributed by atoms with van der Waals surface area (Å²) in [6.07, 6.45) is 4.26. The highest BCUT2D eigenvalue weighted by molar-refractivity contribution is 6.74. The Kier molecular flexibility index (Phi) is 5.68. The number of fused-ring (bicyclic) bond motifs is 1. The molecule has 1 aliphatic carbocycles. The van der Waals surface area contributed by atoms with Crippen molar-refractivity contribution in [3.8, 4) is 6.07 Å². The SMILES string of the molecule is C[C@@H]1CCc2c1ncc(C#N)c2N1C[C@@H](C)C(O[Si](C)(C)C(C)(C)C)[C@@H](C)C1. The molecule has 5 heteroatoms. The molecule has 0 amide bonds. The highest BCUT2D eigenvalue weighted by Crippen LogP contribution is 2.43. The number of rotatable bonds is 3. The lowest BCUT2D eigenvalue weighted by molar-refractivity contribution is 0.0627. The van der Waals surface area contributed by atoms with E-state index in [1.54, 1.807) is 6.20 Å². The first-order valence-corrected chi connectivity index (χ1v) is 13.7. The highest BCUT2D eigenvalue weighted by Gasteiger charge is 2.44. The Balaban J connectivity index is 1.87. The van der Waals surface area contributed by atoms with E-state index in [0.717, 1.165) is 37.2 Å². The van der Waals surface area contributed by atoms with Crippen molar-refractivity contribution in [2.75, 3.05) is 18.0 Å². The minimum Gasteiger partial charge on any atom is -0.413 e. The molecule has 4 atom stereocenters. The number of pyridine rings is 1. The van der Waals surface area contributed by atoms with E-state index in [-0.39, 0.29) is 11.1 Å². The maximum atomic E-state index is 9.74. The fourth-order valence-corrected chi connectivity index (χ4v) is 6.14. The molecule has 2 aliphatic rings. The Bertz CT molecular complexity index is 765. The first-order chi connectivity index (χ1) is 13.0. The molecule has 1 saturated heterocycles. The average molecular weight is 400 g/mol. The zero-order valence-electron chi connectivity index (χ0n) is 19.0. The Morgan fingerprint density at radius 3 is 2.32 bits per heavy atom. The van der Waals surface area contributed by atoms with Crippen molar-refractivity contribution in [3.05, 3.63) is 23.0 Å². The third kappa shape index (κ3) is 3.74. The number of nitriles is 1. The quantitative estimate of drug-likeness (QED) is 0.631. The molecule has 0 radical (unpaired) electrons. The minimum absolute atomic E-state index is 0.222. The Morgan fingerprint density at radius 2 is 1.79 bits per heavy atom. The molecule has 4 nitrogen and oxygen atoms in total. The van der Waals surface area contributed by atoms with E-state index in [4.69, 9.17) is 4.43 Å². The van der Waals surface area contributed by atoms with E-state index < -0.39 is 8.32 Å². The third-order valence-electron chi connectivity index (χ3n) is 7.29. The highest BCUT2D eigenvalue weighted by atomic mass is 28.4. The molecule has 2 heterocycles. The summed E-state index contributed by atoms with van der Waals surface area (Å²) in [6.45, 7) is 20.4. The average Bonchev–Trinajstić information content (AvgIpc) is 2.97. The number of aromatic nitrogens is 1. The zero-order valence-corrected chi connectivity index (χ0v) is 20.0. The Morgan fingerprint density at radius 1 is 1.18 bits per heavy atom. The van der Waals surface area contributed by atoms with Crippen LogP contribution in [0.15, 0.2) is 6.20 Å². The van der Waals surface area contributed by atoms with Gasteiger partial charge in [-0.3, -0.25) is 4.98 Å². The minimum atomic E-state index is -1.80. The maximum Gasteiger partial charge on any atom is 0.192 e. The fourth-order valence-electron chi connectivity index (χ4n) is 4.64. The molecule has 28 heavy (non-hydrogen) atoms. The van der Waals surface area contributed by atoms with Crippen molar-refractivity contribution in [1.82, 2.24) is 4.98 Å². The normalized spacial score (nSPS) is 28.2. The van der Waals surface area contributed by atoms with Gasteiger partial charge in [-0.25, -0.2) is 0 Å². The molecule has 1 aromatic heterocycles. The van der Waals surface area contributed by atoms with Crippen LogP contribution in [-0.4, -0.2) is 32.5 Å². The van der Waals surface area contributed by atoms with Crippen molar-refractivity contribution in [3.63, 3.8) is 0 Å². The molecule has 0 bridgehead atoms. The summed E-state index contributed by atoms with van der Waals surface area (Å²) < 4.78 is 6.85. The summed E-state index contributed by atoms with van der Waals surface area (Å²) in [5.41, 5.74) is 4.40. The summed E-state index contributed by atoms with van der Waals surface area (Å²) in [7, 11) is -1.80. The van der Waals surface area contributed by atoms with Gasteiger partial charge in [-0.1, -0.05) is 41.5 Å². The van der Waals surface area contributed by atoms with Gasteiger partial charge in [0.2, 0.25) is 0 Å². The predicted octanol–water partition coefficient (Wildman–Crippen LogP) is 5.49. The monoisotopic (exact) mass is 399 g/mol. The number of hydrogen-bond acceptors (Lipinski definition) is 4. The molecule has 0 spiro atoms. The third-order valence-corrected chi connectivity index (χ3v) is 11.8. The van der Waals surface area contributed by atoms with Gasteiger partial charge < -0.3 is 9.33 Å². The molecule has 1 aromatic rings. The van der Waals surface area contributed by atoms with Gasteiger partial charge in [-0.05, 0) is 54.3 Å². The molecule has 1 fully saturated rings. The van der Waals surface area contributed by atoms with Crippen LogP contribution in [0.3, 0.4) is 0 Å². The Labute approximate surface area is 172 Å². The zero-order chi connectivity index (χ0) is 20.9. The van der Waals surface area contributed by atoms with Crippen molar-refractivity contribution in [2.45, 2.75) is 84.5 Å². The standard InChI is InChI=1S/C23H37N3OSi/c1-15-9-10-19-20(15)25-12-18(11-24)21(19)26-13-16(2)22(17(3)14-26)27-28(7,8)23(4,5)6/h12,15-17,22H,9-10,13-14H2,1-8H3/t15-,16-,17+,22?/m1/s1. The van der Waals surface area contributed by atoms with Gasteiger partial charge in [-0.2, -0.15) is 5.26 Å². The molecule has 0 aromatic carbocycles. The lowest BCUT2D eigenvalue weighted by atomic mass is 9.87. The Hall–Kier alpha value is -1.38. The summed E-state index contributed by atoms with van der Waals surface area (Å²) in [5, 5.41) is 9.96. The number of hydrogen-bond donors (Lipinski definition) is 0. The van der Waals surface area contributed by atoms with Crippen LogP contribution in [0.2, 0.25) is 18.1 Å². The molecule has 1 unspecified atom stereocenters. The van der Waals surface area contributed by atoms with E-state index in [9.17, 15) is 5.26 Å². The predicted molar refractivity (Wildman–Crippen MR) is 118 cm³/mol. The first kappa shape index (κ1) is 21.3. The van der Waals surface area contributed by atoms with Crippen LogP contribution in [0.25, 0.3) is 0 Å². The second-order valence-corrected chi connectivity index (χ2v) is 15.4. The summed E-state index contributed by atoms with van der Waals surface area (Å²) in [5.74, 6) is 1.37. The molecular weight excluding hydrogens is 362 g/mol. The van der Waals surface area contributed by atoms with Crippen LogP contribution in [-0.2, 0) is 10.8 Å². The van der Waals surface area contributed by atoms with Crippen LogP contribution >= 0.6 is 0 Å². The van der Waals surface area contributed by atoms with E-state index >= 15 is 0 Å². The van der Waals surface area contributed by atoms with Crippen LogP contribution in [0.5, 0.6) is 0 Å². The van der Waals surface area contributed by atoms with Crippen LogP contribution in [0.1, 0.15) is 70.7 Å². The number of nitrogens with zero attached hydrogens (tertiary/aromatic N) is 3. The van der Waals surface area contributed by atoms with Gasteiger partial charge >= 0.3 is 0 Å². The molecule has 0 saturated carbocycles. The maximum absolute atomic E-state index is 9.74. The molecule has 1 aliphatic heterocycles. The summed E-state index contributed by atoms with van der Waals surface area (Å²) in [4.78, 5) is 7.08. The van der Waals surface area contributed by atoms with E-state index in [0.29, 0.717) is 17.8 Å². The number of anilines is 1. The lowest BCUT2D eigenvalue weighted by Gasteiger charge is -2.48. The van der Waals surface area contributed by atoms with Crippen LogP contribution in [0.4, 0.5) is 5.69 Å². The van der Waals surface area contributed by atoms with Crippen LogP contribution in [0, 0.1) is 23.2 Å².